The van der Waals surface area contributed by atoms with E-state index in [9.17, 15) is 5.11 Å². The number of hydrogen-bond acceptors (Lipinski definition) is 2. The summed E-state index contributed by atoms with van der Waals surface area (Å²) < 4.78 is 7.77. The molecule has 0 bridgehead atoms. The third kappa shape index (κ3) is 3.24. The summed E-state index contributed by atoms with van der Waals surface area (Å²) in [5.74, 6) is 1.20. The molecule has 3 heteroatoms. The summed E-state index contributed by atoms with van der Waals surface area (Å²) >= 11 is 0. The number of ether oxygens (including phenoxy) is 1. The molecule has 134 valence electrons. The largest absolute Gasteiger partial charge is 0.507 e. The Labute approximate surface area is 158 Å². The van der Waals surface area contributed by atoms with E-state index in [4.69, 9.17) is 4.74 Å². The van der Waals surface area contributed by atoms with E-state index in [-0.39, 0.29) is 0 Å². The van der Waals surface area contributed by atoms with Crippen LogP contribution in [0, 0.1) is 0 Å². The van der Waals surface area contributed by atoms with E-state index < -0.39 is 0 Å². The number of rotatable bonds is 4. The highest BCUT2D eigenvalue weighted by Crippen LogP contribution is 2.28. The summed E-state index contributed by atoms with van der Waals surface area (Å²) in [4.78, 5) is 0. The maximum Gasteiger partial charge on any atom is 0.212 e. The van der Waals surface area contributed by atoms with Crippen LogP contribution >= 0.6 is 0 Å². The molecule has 3 aromatic carbocycles. The van der Waals surface area contributed by atoms with Crippen LogP contribution in [0.1, 0.15) is 18.2 Å². The lowest BCUT2D eigenvalue weighted by atomic mass is 10.0. The smallest absolute Gasteiger partial charge is 0.212 e. The van der Waals surface area contributed by atoms with E-state index in [1.807, 2.05) is 43.3 Å². The summed E-state index contributed by atoms with van der Waals surface area (Å²) in [6, 6.07) is 22.0. The Balaban J connectivity index is 1.74. The minimum absolute atomic E-state index is 0.309. The van der Waals surface area contributed by atoms with Gasteiger partial charge in [0, 0.05) is 23.6 Å². The number of nitrogens with zero attached hydrogens (tertiary/aromatic N) is 1. The molecule has 3 nitrogen and oxygen atoms in total. The molecule has 0 spiro atoms. The maximum atomic E-state index is 10.1. The lowest BCUT2D eigenvalue weighted by molar-refractivity contribution is -0.646. The second-order valence-corrected chi connectivity index (χ2v) is 6.52. The van der Waals surface area contributed by atoms with Crippen LogP contribution in [0.25, 0.3) is 33.8 Å². The number of pyridine rings is 1. The summed E-state index contributed by atoms with van der Waals surface area (Å²) in [6.45, 7) is 2.66. The molecule has 0 atom stereocenters. The first-order chi connectivity index (χ1) is 13.2. The van der Waals surface area contributed by atoms with E-state index in [0.717, 1.165) is 38.7 Å². The molecule has 1 N–H and O–H groups in total. The molecule has 0 amide bonds. The lowest BCUT2D eigenvalue weighted by Crippen LogP contribution is -2.32. The van der Waals surface area contributed by atoms with Crippen molar-refractivity contribution in [3.8, 4) is 11.5 Å². The molecule has 0 saturated carbocycles. The molecule has 0 unspecified atom stereocenters. The fourth-order valence-electron chi connectivity index (χ4n) is 3.45. The lowest BCUT2D eigenvalue weighted by Gasteiger charge is -2.06. The van der Waals surface area contributed by atoms with Crippen molar-refractivity contribution in [1.29, 1.82) is 0 Å². The molecular weight excluding hydrogens is 334 g/mol. The average molecular weight is 356 g/mol. The second-order valence-electron chi connectivity index (χ2n) is 6.52. The van der Waals surface area contributed by atoms with Gasteiger partial charge in [0.15, 0.2) is 0 Å². The Morgan fingerprint density at radius 2 is 1.74 bits per heavy atom. The molecule has 1 aromatic heterocycles. The van der Waals surface area contributed by atoms with Crippen molar-refractivity contribution in [3.05, 3.63) is 78.0 Å². The van der Waals surface area contributed by atoms with Crippen LogP contribution in [0.3, 0.4) is 0 Å². The van der Waals surface area contributed by atoms with Crippen molar-refractivity contribution in [1.82, 2.24) is 0 Å². The fourth-order valence-corrected chi connectivity index (χ4v) is 3.45. The number of aryl methyl sites for hydroxylation is 1. The molecule has 4 rings (SSSR count). The molecule has 0 aliphatic rings. The average Bonchev–Trinajstić information content (AvgIpc) is 2.69. The number of fused-ring (bicyclic) bond motifs is 2. The number of phenols is 1. The minimum Gasteiger partial charge on any atom is -0.507 e. The first kappa shape index (κ1) is 17.1. The van der Waals surface area contributed by atoms with Crippen molar-refractivity contribution in [2.45, 2.75) is 6.92 Å². The quantitative estimate of drug-likeness (QED) is 0.517. The molecule has 27 heavy (non-hydrogen) atoms. The van der Waals surface area contributed by atoms with Gasteiger partial charge in [0.25, 0.3) is 0 Å². The Morgan fingerprint density at radius 1 is 0.926 bits per heavy atom. The van der Waals surface area contributed by atoms with Crippen molar-refractivity contribution >= 4 is 33.8 Å². The zero-order chi connectivity index (χ0) is 18.8. The topological polar surface area (TPSA) is 33.3 Å². The standard InChI is InChI=1S/C24H21NO2/c1-3-27-20-13-14-23-18(16-20)9-12-19(25(23)2)11-8-17-10-15-24(26)22-7-5-4-6-21(17)22/h4-16H,3H2,1-2H3/p+1. The van der Waals surface area contributed by atoms with Crippen molar-refractivity contribution in [3.63, 3.8) is 0 Å². The predicted molar refractivity (Wildman–Crippen MR) is 111 cm³/mol. The summed E-state index contributed by atoms with van der Waals surface area (Å²) in [7, 11) is 2.07. The molecule has 0 fully saturated rings. The fraction of sp³-hybridized carbons (Fsp3) is 0.125. The second kappa shape index (κ2) is 7.12. The molecule has 0 saturated heterocycles. The van der Waals surface area contributed by atoms with Crippen molar-refractivity contribution in [2.24, 2.45) is 7.05 Å². The number of phenolic OH excluding ortho intramolecular Hbond substituents is 1. The third-order valence-electron chi connectivity index (χ3n) is 4.86. The normalized spacial score (nSPS) is 11.5. The first-order valence-electron chi connectivity index (χ1n) is 9.12. The van der Waals surface area contributed by atoms with Gasteiger partial charge in [0.05, 0.1) is 12.0 Å². The van der Waals surface area contributed by atoms with Crippen LogP contribution in [0.15, 0.2) is 66.7 Å². The van der Waals surface area contributed by atoms with Gasteiger partial charge in [-0.1, -0.05) is 30.3 Å². The molecule has 4 aromatic rings. The highest BCUT2D eigenvalue weighted by molar-refractivity contribution is 5.96. The van der Waals surface area contributed by atoms with Gasteiger partial charge in [-0.15, -0.1) is 0 Å². The number of hydrogen-bond donors (Lipinski definition) is 1. The van der Waals surface area contributed by atoms with Crippen molar-refractivity contribution < 1.29 is 14.4 Å². The molecule has 0 aliphatic heterocycles. The number of aromatic nitrogens is 1. The molecule has 0 aliphatic carbocycles. The van der Waals surface area contributed by atoms with Crippen LogP contribution in [0.4, 0.5) is 0 Å². The highest BCUT2D eigenvalue weighted by Gasteiger charge is 2.11. The van der Waals surface area contributed by atoms with Gasteiger partial charge in [-0.05, 0) is 48.2 Å². The SMILES string of the molecule is CCOc1ccc2c(ccc(/C=C/c3ccc(O)c4ccccc34)[n+]2C)c1. The van der Waals surface area contributed by atoms with Crippen LogP contribution in [0.2, 0.25) is 0 Å². The molecule has 0 radical (unpaired) electrons. The van der Waals surface area contributed by atoms with Crippen LogP contribution in [-0.2, 0) is 7.05 Å². The van der Waals surface area contributed by atoms with Gasteiger partial charge in [0.2, 0.25) is 11.2 Å². The van der Waals surface area contributed by atoms with E-state index in [1.54, 1.807) is 6.07 Å². The molecule has 1 heterocycles. The third-order valence-corrected chi connectivity index (χ3v) is 4.86. The zero-order valence-corrected chi connectivity index (χ0v) is 15.5. The Hall–Kier alpha value is -3.33. The van der Waals surface area contributed by atoms with Gasteiger partial charge >= 0.3 is 0 Å². The van der Waals surface area contributed by atoms with Crippen LogP contribution in [-0.4, -0.2) is 11.7 Å². The van der Waals surface area contributed by atoms with Crippen molar-refractivity contribution in [2.75, 3.05) is 6.61 Å². The van der Waals surface area contributed by atoms with Gasteiger partial charge in [-0.2, -0.15) is 4.57 Å². The maximum absolute atomic E-state index is 10.1. The highest BCUT2D eigenvalue weighted by atomic mass is 16.5. The predicted octanol–water partition coefficient (Wildman–Crippen LogP) is 5.09. The van der Waals surface area contributed by atoms with E-state index in [0.29, 0.717) is 12.4 Å². The summed E-state index contributed by atoms with van der Waals surface area (Å²) in [6.07, 6.45) is 4.20. The Morgan fingerprint density at radius 3 is 2.56 bits per heavy atom. The zero-order valence-electron chi connectivity index (χ0n) is 15.5. The summed E-state index contributed by atoms with van der Waals surface area (Å²) in [5.41, 5.74) is 3.33. The number of aromatic hydroxyl groups is 1. The van der Waals surface area contributed by atoms with Crippen LogP contribution in [0.5, 0.6) is 11.5 Å². The van der Waals surface area contributed by atoms with Gasteiger partial charge in [0.1, 0.15) is 18.5 Å². The van der Waals surface area contributed by atoms with E-state index in [2.05, 4.69) is 48.0 Å². The van der Waals surface area contributed by atoms with Gasteiger partial charge < -0.3 is 9.84 Å². The monoisotopic (exact) mass is 356 g/mol. The van der Waals surface area contributed by atoms with E-state index >= 15 is 0 Å². The van der Waals surface area contributed by atoms with Gasteiger partial charge in [-0.3, -0.25) is 0 Å². The molecular formula is C24H22NO2+. The Bertz CT molecular complexity index is 1160. The first-order valence-corrected chi connectivity index (χ1v) is 9.12. The Kier molecular flexibility index (Phi) is 4.51. The number of benzene rings is 3. The minimum atomic E-state index is 0.309. The van der Waals surface area contributed by atoms with Crippen LogP contribution < -0.4 is 9.30 Å². The summed E-state index contributed by atoms with van der Waals surface area (Å²) in [5, 5.41) is 13.1. The van der Waals surface area contributed by atoms with E-state index in [1.165, 1.54) is 0 Å². The van der Waals surface area contributed by atoms with Gasteiger partial charge in [-0.25, -0.2) is 0 Å².